The standard InChI is InChI=1S/C32H52F4O2/c1-2-3-4-5-23-6-8-24(9-7-23)10-11-25-12-14-26(15-13-25)29-21-37-31(38-22-29)28-18-16-27(17-19-28)30(33)20-32(34,35)36/h20,23-29,31H,2-19,21-22H2,1H3. The van der Waals surface area contributed by atoms with Gasteiger partial charge < -0.3 is 9.47 Å². The van der Waals surface area contributed by atoms with Crippen LogP contribution in [-0.4, -0.2) is 25.7 Å². The Bertz CT molecular complexity index is 691. The van der Waals surface area contributed by atoms with Crippen molar-refractivity contribution in [3.05, 3.63) is 11.9 Å². The molecule has 4 aliphatic rings. The maximum absolute atomic E-state index is 13.9. The van der Waals surface area contributed by atoms with Gasteiger partial charge in [-0.05, 0) is 62.2 Å². The Morgan fingerprint density at radius 2 is 1.16 bits per heavy atom. The summed E-state index contributed by atoms with van der Waals surface area (Å²) in [6.45, 7) is 3.75. The van der Waals surface area contributed by atoms with Gasteiger partial charge in [0.2, 0.25) is 0 Å². The van der Waals surface area contributed by atoms with Crippen molar-refractivity contribution in [1.82, 2.24) is 0 Å². The second-order valence-corrected chi connectivity index (χ2v) is 13.2. The maximum Gasteiger partial charge on any atom is 0.412 e. The molecular formula is C32H52F4O2. The van der Waals surface area contributed by atoms with E-state index in [9.17, 15) is 17.6 Å². The van der Waals surface area contributed by atoms with Crippen LogP contribution in [-0.2, 0) is 9.47 Å². The predicted octanol–water partition coefficient (Wildman–Crippen LogP) is 10.2. The first-order valence-corrected chi connectivity index (χ1v) is 16.0. The van der Waals surface area contributed by atoms with E-state index in [4.69, 9.17) is 9.47 Å². The zero-order valence-corrected chi connectivity index (χ0v) is 23.7. The van der Waals surface area contributed by atoms with E-state index in [0.717, 1.165) is 31.0 Å². The summed E-state index contributed by atoms with van der Waals surface area (Å²) in [7, 11) is 0. The average molecular weight is 545 g/mol. The Labute approximate surface area is 228 Å². The largest absolute Gasteiger partial charge is 0.412 e. The molecule has 1 aliphatic heterocycles. The Hall–Kier alpha value is -0.620. The topological polar surface area (TPSA) is 18.5 Å². The molecule has 0 atom stereocenters. The summed E-state index contributed by atoms with van der Waals surface area (Å²) in [4.78, 5) is 0. The van der Waals surface area contributed by atoms with Crippen LogP contribution in [0, 0.1) is 41.4 Å². The highest BCUT2D eigenvalue weighted by atomic mass is 19.4. The van der Waals surface area contributed by atoms with Crippen LogP contribution in [0.15, 0.2) is 11.9 Å². The zero-order chi connectivity index (χ0) is 27.0. The zero-order valence-electron chi connectivity index (χ0n) is 23.7. The Morgan fingerprint density at radius 1 is 0.658 bits per heavy atom. The van der Waals surface area contributed by atoms with Crippen molar-refractivity contribution in [1.29, 1.82) is 0 Å². The van der Waals surface area contributed by atoms with Crippen LogP contribution in [0.2, 0.25) is 0 Å². The van der Waals surface area contributed by atoms with Gasteiger partial charge in [-0.25, -0.2) is 4.39 Å². The lowest BCUT2D eigenvalue weighted by molar-refractivity contribution is -0.237. The highest BCUT2D eigenvalue weighted by molar-refractivity contribution is 5.03. The molecule has 0 radical (unpaired) electrons. The Morgan fingerprint density at radius 3 is 1.68 bits per heavy atom. The minimum atomic E-state index is -4.59. The molecule has 0 unspecified atom stereocenters. The molecule has 0 spiro atoms. The molecule has 0 N–H and O–H groups in total. The molecule has 1 saturated heterocycles. The Balaban J connectivity index is 1.07. The van der Waals surface area contributed by atoms with Gasteiger partial charge in [0.15, 0.2) is 6.29 Å². The van der Waals surface area contributed by atoms with E-state index >= 15 is 0 Å². The third-order valence-corrected chi connectivity index (χ3v) is 10.5. The van der Waals surface area contributed by atoms with Crippen LogP contribution in [0.5, 0.6) is 0 Å². The van der Waals surface area contributed by atoms with Crippen molar-refractivity contribution in [3.8, 4) is 0 Å². The molecular weight excluding hydrogens is 492 g/mol. The lowest BCUT2D eigenvalue weighted by atomic mass is 9.72. The van der Waals surface area contributed by atoms with E-state index < -0.39 is 17.9 Å². The summed E-state index contributed by atoms with van der Waals surface area (Å²) in [5, 5.41) is 0. The number of ether oxygens (including phenoxy) is 2. The van der Waals surface area contributed by atoms with Gasteiger partial charge in [-0.2, -0.15) is 13.2 Å². The lowest BCUT2D eigenvalue weighted by Gasteiger charge is -2.41. The van der Waals surface area contributed by atoms with Gasteiger partial charge in [0.1, 0.15) is 5.83 Å². The van der Waals surface area contributed by atoms with E-state index in [0.29, 0.717) is 37.5 Å². The summed E-state index contributed by atoms with van der Waals surface area (Å²) >= 11 is 0. The number of unbranched alkanes of at least 4 members (excludes halogenated alkanes) is 2. The van der Waals surface area contributed by atoms with E-state index in [2.05, 4.69) is 6.92 Å². The quantitative estimate of drug-likeness (QED) is 0.201. The second kappa shape index (κ2) is 14.8. The molecule has 0 amide bonds. The molecule has 0 bridgehead atoms. The molecule has 0 aromatic rings. The van der Waals surface area contributed by atoms with Gasteiger partial charge in [0.25, 0.3) is 0 Å². The van der Waals surface area contributed by atoms with Crippen LogP contribution < -0.4 is 0 Å². The lowest BCUT2D eigenvalue weighted by Crippen LogP contribution is -2.41. The molecule has 0 aromatic heterocycles. The van der Waals surface area contributed by atoms with Crippen molar-refractivity contribution < 1.29 is 27.0 Å². The van der Waals surface area contributed by atoms with Gasteiger partial charge in [-0.3, -0.25) is 0 Å². The number of hydrogen-bond acceptors (Lipinski definition) is 2. The average Bonchev–Trinajstić information content (AvgIpc) is 2.92. The smallest absolute Gasteiger partial charge is 0.352 e. The highest BCUT2D eigenvalue weighted by Gasteiger charge is 2.37. The Kier molecular flexibility index (Phi) is 11.9. The first-order chi connectivity index (χ1) is 18.3. The first kappa shape index (κ1) is 30.3. The van der Waals surface area contributed by atoms with Crippen LogP contribution in [0.4, 0.5) is 17.6 Å². The van der Waals surface area contributed by atoms with E-state index in [-0.39, 0.29) is 18.3 Å². The third kappa shape index (κ3) is 9.49. The maximum atomic E-state index is 13.9. The van der Waals surface area contributed by atoms with E-state index in [1.54, 1.807) is 0 Å². The fourth-order valence-corrected chi connectivity index (χ4v) is 7.93. The number of alkyl halides is 3. The number of halogens is 4. The van der Waals surface area contributed by atoms with Crippen LogP contribution >= 0.6 is 0 Å². The van der Waals surface area contributed by atoms with Gasteiger partial charge >= 0.3 is 6.18 Å². The minimum absolute atomic E-state index is 0.160. The summed E-state index contributed by atoms with van der Waals surface area (Å²) < 4.78 is 63.6. The molecule has 38 heavy (non-hydrogen) atoms. The summed E-state index contributed by atoms with van der Waals surface area (Å²) in [6, 6.07) is 0. The normalized spacial score (nSPS) is 37.8. The van der Waals surface area contributed by atoms with Crippen molar-refractivity contribution >= 4 is 0 Å². The number of hydrogen-bond donors (Lipinski definition) is 0. The first-order valence-electron chi connectivity index (χ1n) is 16.0. The minimum Gasteiger partial charge on any atom is -0.352 e. The monoisotopic (exact) mass is 544 g/mol. The third-order valence-electron chi connectivity index (χ3n) is 10.5. The van der Waals surface area contributed by atoms with Crippen LogP contribution in [0.25, 0.3) is 0 Å². The SMILES string of the molecule is CCCCCC1CCC(CCC2CCC(C3COC(C4CCC(C(F)=CC(F)(F)F)CC4)OC3)CC2)CC1. The molecule has 3 aliphatic carbocycles. The highest BCUT2D eigenvalue weighted by Crippen LogP contribution is 2.42. The van der Waals surface area contributed by atoms with E-state index in [1.807, 2.05) is 0 Å². The van der Waals surface area contributed by atoms with Crippen LogP contribution in [0.3, 0.4) is 0 Å². The molecule has 0 aromatic carbocycles. The fraction of sp³-hybridized carbons (Fsp3) is 0.938. The number of allylic oxidation sites excluding steroid dienone is 2. The summed E-state index contributed by atoms with van der Waals surface area (Å²) in [6.07, 6.45) is 16.7. The van der Waals surface area contributed by atoms with Gasteiger partial charge in [-0.15, -0.1) is 0 Å². The van der Waals surface area contributed by atoms with Crippen molar-refractivity contribution in [2.45, 2.75) is 135 Å². The van der Waals surface area contributed by atoms with Crippen molar-refractivity contribution in [2.24, 2.45) is 41.4 Å². The molecule has 4 fully saturated rings. The molecule has 3 saturated carbocycles. The van der Waals surface area contributed by atoms with Gasteiger partial charge in [0.05, 0.1) is 19.3 Å². The summed E-state index contributed by atoms with van der Waals surface area (Å²) in [5.74, 6) is 2.53. The molecule has 1 heterocycles. The van der Waals surface area contributed by atoms with E-state index in [1.165, 1.54) is 89.9 Å². The summed E-state index contributed by atoms with van der Waals surface area (Å²) in [5.41, 5.74) is 0. The molecule has 220 valence electrons. The van der Waals surface area contributed by atoms with Gasteiger partial charge in [-0.1, -0.05) is 84.0 Å². The number of rotatable bonds is 10. The van der Waals surface area contributed by atoms with Crippen LogP contribution in [0.1, 0.15) is 122 Å². The predicted molar refractivity (Wildman–Crippen MR) is 144 cm³/mol. The second-order valence-electron chi connectivity index (χ2n) is 13.2. The molecule has 6 heteroatoms. The molecule has 2 nitrogen and oxygen atoms in total. The molecule has 4 rings (SSSR count). The van der Waals surface area contributed by atoms with Gasteiger partial charge in [0, 0.05) is 17.8 Å². The van der Waals surface area contributed by atoms with Crippen molar-refractivity contribution in [3.63, 3.8) is 0 Å². The van der Waals surface area contributed by atoms with Crippen molar-refractivity contribution in [2.75, 3.05) is 13.2 Å². The fourth-order valence-electron chi connectivity index (χ4n) is 7.93.